The van der Waals surface area contributed by atoms with E-state index in [0.29, 0.717) is 17.1 Å². The lowest BCUT2D eigenvalue weighted by Gasteiger charge is -2.33. The third-order valence-corrected chi connectivity index (χ3v) is 4.53. The minimum atomic E-state index is -0.451. The molecule has 7 heteroatoms. The summed E-state index contributed by atoms with van der Waals surface area (Å²) in [6, 6.07) is 9.25. The van der Waals surface area contributed by atoms with Crippen LogP contribution in [0.4, 0.5) is 0 Å². The minimum absolute atomic E-state index is 0. The van der Waals surface area contributed by atoms with E-state index >= 15 is 0 Å². The molecule has 2 rings (SSSR count). The summed E-state index contributed by atoms with van der Waals surface area (Å²) in [5.41, 5.74) is 7.72. The molecule has 0 fully saturated rings. The van der Waals surface area contributed by atoms with Crippen LogP contribution in [0.2, 0.25) is 5.02 Å². The van der Waals surface area contributed by atoms with Crippen molar-refractivity contribution in [2.45, 2.75) is 26.3 Å². The van der Waals surface area contributed by atoms with Crippen molar-refractivity contribution in [3.05, 3.63) is 53.3 Å². The Hall–Kier alpha value is -1.33. The van der Waals surface area contributed by atoms with E-state index in [1.54, 1.807) is 12.4 Å². The Morgan fingerprint density at radius 1 is 1.20 bits per heavy atom. The molecule has 25 heavy (non-hydrogen) atoms. The van der Waals surface area contributed by atoms with Gasteiger partial charge in [-0.05, 0) is 36.6 Å². The number of hydrogen-bond acceptors (Lipinski definition) is 3. The summed E-state index contributed by atoms with van der Waals surface area (Å²) >= 11 is 5.91. The molecule has 0 aliphatic heterocycles. The van der Waals surface area contributed by atoms with Crippen molar-refractivity contribution >= 4 is 42.3 Å². The first-order valence-corrected chi connectivity index (χ1v) is 7.97. The molecule has 0 radical (unpaired) electrons. The van der Waals surface area contributed by atoms with E-state index in [1.165, 1.54) is 0 Å². The van der Waals surface area contributed by atoms with Crippen LogP contribution in [0, 0.1) is 5.92 Å². The fourth-order valence-corrected chi connectivity index (χ4v) is 2.25. The van der Waals surface area contributed by atoms with Crippen molar-refractivity contribution in [2.75, 3.05) is 6.54 Å². The molecule has 0 saturated carbocycles. The first kappa shape index (κ1) is 23.7. The van der Waals surface area contributed by atoms with Crippen molar-refractivity contribution in [2.24, 2.45) is 11.7 Å². The fourth-order valence-electron chi connectivity index (χ4n) is 2.13. The third-order valence-electron chi connectivity index (χ3n) is 4.28. The van der Waals surface area contributed by atoms with Gasteiger partial charge in [-0.2, -0.15) is 0 Å². The van der Waals surface area contributed by atoms with Gasteiger partial charge in [0, 0.05) is 29.5 Å². The van der Waals surface area contributed by atoms with Crippen LogP contribution in [-0.4, -0.2) is 23.0 Å². The second-order valence-corrected chi connectivity index (χ2v) is 6.64. The third kappa shape index (κ3) is 5.86. The lowest BCUT2D eigenvalue weighted by atomic mass is 9.88. The number of pyridine rings is 1. The molecule has 1 atom stereocenters. The van der Waals surface area contributed by atoms with E-state index in [2.05, 4.69) is 10.3 Å². The molecule has 1 amide bonds. The van der Waals surface area contributed by atoms with Crippen molar-refractivity contribution in [1.29, 1.82) is 0 Å². The van der Waals surface area contributed by atoms with Crippen LogP contribution < -0.4 is 11.1 Å². The monoisotopic (exact) mass is 403 g/mol. The lowest BCUT2D eigenvalue weighted by molar-refractivity contribution is 0.0883. The van der Waals surface area contributed by atoms with Gasteiger partial charge >= 0.3 is 0 Å². The summed E-state index contributed by atoms with van der Waals surface area (Å²) in [5, 5.41) is 3.69. The van der Waals surface area contributed by atoms with Crippen molar-refractivity contribution in [3.8, 4) is 11.1 Å². The van der Waals surface area contributed by atoms with Crippen LogP contribution in [0.1, 0.15) is 31.1 Å². The van der Waals surface area contributed by atoms with Gasteiger partial charge in [-0.25, -0.2) is 0 Å². The van der Waals surface area contributed by atoms with E-state index in [0.717, 1.165) is 11.1 Å². The van der Waals surface area contributed by atoms with E-state index in [9.17, 15) is 4.79 Å². The van der Waals surface area contributed by atoms with E-state index in [4.69, 9.17) is 17.3 Å². The molecule has 1 aromatic heterocycles. The maximum absolute atomic E-state index is 12.5. The highest BCUT2D eigenvalue weighted by Gasteiger charge is 2.29. The standard InChI is InChI=1S/C18H22ClN3O.2ClH/c1-12(2)18(3,11-20)22-17(23)15-8-14(9-21-10-15)13-4-6-16(19)7-5-13;;/h4-10,12H,11,20H2,1-3H3,(H,22,23);2*1H. The molecule has 4 nitrogen and oxygen atoms in total. The first-order valence-electron chi connectivity index (χ1n) is 7.59. The predicted octanol–water partition coefficient (Wildman–Crippen LogP) is 4.35. The highest BCUT2D eigenvalue weighted by Crippen LogP contribution is 2.22. The predicted molar refractivity (Wildman–Crippen MR) is 109 cm³/mol. The second kappa shape index (κ2) is 9.97. The maximum Gasteiger partial charge on any atom is 0.253 e. The van der Waals surface area contributed by atoms with E-state index < -0.39 is 5.54 Å². The Kier molecular flexibility index (Phi) is 9.44. The van der Waals surface area contributed by atoms with Gasteiger partial charge in [-0.3, -0.25) is 9.78 Å². The molecule has 2 aromatic rings. The Bertz CT molecular complexity index is 692. The zero-order chi connectivity index (χ0) is 17.0. The Labute approximate surface area is 166 Å². The molecule has 0 saturated heterocycles. The number of carbonyl (C=O) groups is 1. The molecule has 0 spiro atoms. The van der Waals surface area contributed by atoms with Crippen LogP contribution >= 0.6 is 36.4 Å². The first-order chi connectivity index (χ1) is 10.9. The van der Waals surface area contributed by atoms with Crippen LogP contribution in [0.5, 0.6) is 0 Å². The molecule has 1 heterocycles. The van der Waals surface area contributed by atoms with Gasteiger partial charge in [0.25, 0.3) is 5.91 Å². The lowest BCUT2D eigenvalue weighted by Crippen LogP contribution is -2.55. The summed E-state index contributed by atoms with van der Waals surface area (Å²) in [6.07, 6.45) is 3.29. The molecule has 138 valence electrons. The normalized spacial score (nSPS) is 12.6. The molecule has 0 bridgehead atoms. The fraction of sp³-hybridized carbons (Fsp3) is 0.333. The summed E-state index contributed by atoms with van der Waals surface area (Å²) in [4.78, 5) is 16.7. The molecule has 3 N–H and O–H groups in total. The smallest absolute Gasteiger partial charge is 0.253 e. The number of nitrogens with one attached hydrogen (secondary N) is 1. The van der Waals surface area contributed by atoms with Gasteiger partial charge in [0.1, 0.15) is 0 Å². The van der Waals surface area contributed by atoms with Crippen LogP contribution in [0.25, 0.3) is 11.1 Å². The number of benzene rings is 1. The van der Waals surface area contributed by atoms with Gasteiger partial charge in [0.15, 0.2) is 0 Å². The highest BCUT2D eigenvalue weighted by atomic mass is 35.5. The van der Waals surface area contributed by atoms with E-state index in [-0.39, 0.29) is 36.6 Å². The van der Waals surface area contributed by atoms with Gasteiger partial charge in [-0.1, -0.05) is 37.6 Å². The number of nitrogens with two attached hydrogens (primary N) is 1. The number of carbonyl (C=O) groups excluding carboxylic acids is 1. The topological polar surface area (TPSA) is 68.0 Å². The Balaban J connectivity index is 0.00000288. The van der Waals surface area contributed by atoms with Crippen LogP contribution in [0.3, 0.4) is 0 Å². The molecule has 0 aliphatic rings. The zero-order valence-corrected chi connectivity index (χ0v) is 16.8. The Morgan fingerprint density at radius 2 is 1.80 bits per heavy atom. The molecule has 1 unspecified atom stereocenters. The number of halogens is 3. The van der Waals surface area contributed by atoms with Gasteiger partial charge in [-0.15, -0.1) is 24.8 Å². The number of hydrogen-bond donors (Lipinski definition) is 2. The highest BCUT2D eigenvalue weighted by molar-refractivity contribution is 6.30. The summed E-state index contributed by atoms with van der Waals surface area (Å²) in [6.45, 7) is 6.40. The zero-order valence-electron chi connectivity index (χ0n) is 14.5. The Morgan fingerprint density at radius 3 is 2.32 bits per heavy atom. The quantitative estimate of drug-likeness (QED) is 0.778. The molecular formula is C18H24Cl3N3O. The van der Waals surface area contributed by atoms with Crippen molar-refractivity contribution in [1.82, 2.24) is 10.3 Å². The van der Waals surface area contributed by atoms with E-state index in [1.807, 2.05) is 51.1 Å². The molecule has 0 aliphatic carbocycles. The molecular weight excluding hydrogens is 381 g/mol. The summed E-state index contributed by atoms with van der Waals surface area (Å²) in [5.74, 6) is 0.0545. The minimum Gasteiger partial charge on any atom is -0.345 e. The maximum atomic E-state index is 12.5. The second-order valence-electron chi connectivity index (χ2n) is 6.20. The molecule has 1 aromatic carbocycles. The summed E-state index contributed by atoms with van der Waals surface area (Å²) < 4.78 is 0. The summed E-state index contributed by atoms with van der Waals surface area (Å²) in [7, 11) is 0. The largest absolute Gasteiger partial charge is 0.345 e. The SMILES string of the molecule is CC(C)C(C)(CN)NC(=O)c1cncc(-c2ccc(Cl)cc2)c1.Cl.Cl. The van der Waals surface area contributed by atoms with Gasteiger partial charge in [0.05, 0.1) is 11.1 Å². The number of amides is 1. The number of nitrogens with zero attached hydrogens (tertiary/aromatic N) is 1. The average molecular weight is 405 g/mol. The van der Waals surface area contributed by atoms with Crippen molar-refractivity contribution in [3.63, 3.8) is 0 Å². The van der Waals surface area contributed by atoms with Gasteiger partial charge in [0.2, 0.25) is 0 Å². The van der Waals surface area contributed by atoms with Crippen LogP contribution in [-0.2, 0) is 0 Å². The van der Waals surface area contributed by atoms with Gasteiger partial charge < -0.3 is 11.1 Å². The van der Waals surface area contributed by atoms with Crippen LogP contribution in [0.15, 0.2) is 42.7 Å². The number of aromatic nitrogens is 1. The van der Waals surface area contributed by atoms with Crippen molar-refractivity contribution < 1.29 is 4.79 Å². The average Bonchev–Trinajstić information content (AvgIpc) is 2.55. The number of rotatable bonds is 5.